The van der Waals surface area contributed by atoms with Crippen LogP contribution in [-0.2, 0) is 15.7 Å². The summed E-state index contributed by atoms with van der Waals surface area (Å²) in [4.78, 5) is 41.2. The maximum absolute atomic E-state index is 13.6. The highest BCUT2D eigenvalue weighted by Gasteiger charge is 2.31. The van der Waals surface area contributed by atoms with E-state index in [2.05, 4.69) is 14.9 Å². The molecule has 10 nitrogen and oxygen atoms in total. The van der Waals surface area contributed by atoms with Crippen LogP contribution in [0.2, 0.25) is 0 Å². The number of rotatable bonds is 16. The van der Waals surface area contributed by atoms with Crippen LogP contribution in [0.1, 0.15) is 62.9 Å². The van der Waals surface area contributed by atoms with E-state index in [0.717, 1.165) is 38.1 Å². The molecule has 3 aromatic rings. The van der Waals surface area contributed by atoms with Gasteiger partial charge in [-0.1, -0.05) is 44.2 Å². The molecule has 272 valence electrons. The first-order valence-corrected chi connectivity index (χ1v) is 17.2. The Hall–Kier alpha value is -4.23. The molecule has 50 heavy (non-hydrogen) atoms. The molecule has 0 spiro atoms. The van der Waals surface area contributed by atoms with Crippen molar-refractivity contribution in [2.75, 3.05) is 64.5 Å². The fraction of sp³-hybridized carbons (Fsp3) is 0.514. The highest BCUT2D eigenvalue weighted by atomic mass is 19.4. The highest BCUT2D eigenvalue weighted by molar-refractivity contribution is 6.00. The van der Waals surface area contributed by atoms with Crippen LogP contribution >= 0.6 is 0 Å². The molecule has 1 unspecified atom stereocenters. The molecule has 1 aromatic heterocycles. The maximum Gasteiger partial charge on any atom is 0.416 e. The third kappa shape index (κ3) is 10.4. The van der Waals surface area contributed by atoms with Crippen LogP contribution in [0.4, 0.5) is 18.9 Å². The molecular formula is C37H48F3N5O5. The molecule has 0 bridgehead atoms. The standard InChI is InChI=1S/C37H48F3N5O5/c1-6-48-34-33(35(49-7-2)42-25-41-34)45(32(46)22-26(3)4)19-11-10-18-44-20-21-50-29(24-44)23-43(5)36(47)31-13-9-8-12-30(31)27-14-16-28(17-15-27)37(38,39)40/h8-9,12-17,25-26,29H,6-7,10-11,18-24H2,1-5H3. The molecule has 2 aromatic carbocycles. The van der Waals surface area contributed by atoms with Crippen molar-refractivity contribution in [1.29, 1.82) is 0 Å². The Morgan fingerprint density at radius 3 is 2.28 bits per heavy atom. The van der Waals surface area contributed by atoms with Gasteiger partial charge in [-0.05, 0) is 68.5 Å². The second-order valence-electron chi connectivity index (χ2n) is 12.6. The lowest BCUT2D eigenvalue weighted by molar-refractivity contribution is -0.137. The van der Waals surface area contributed by atoms with E-state index in [0.29, 0.717) is 80.0 Å². The average Bonchev–Trinajstić information content (AvgIpc) is 3.08. The first kappa shape index (κ1) is 38.6. The van der Waals surface area contributed by atoms with Gasteiger partial charge in [0, 0.05) is 45.2 Å². The second kappa shape index (κ2) is 18.1. The van der Waals surface area contributed by atoms with Crippen molar-refractivity contribution >= 4 is 17.5 Å². The number of carbonyl (C=O) groups is 2. The van der Waals surface area contributed by atoms with Crippen LogP contribution in [-0.4, -0.2) is 97.3 Å². The average molecular weight is 700 g/mol. The van der Waals surface area contributed by atoms with Crippen LogP contribution in [0.3, 0.4) is 0 Å². The smallest absolute Gasteiger partial charge is 0.416 e. The number of hydrogen-bond donors (Lipinski definition) is 0. The van der Waals surface area contributed by atoms with E-state index in [1.54, 1.807) is 41.1 Å². The number of amides is 2. The maximum atomic E-state index is 13.6. The SMILES string of the molecule is CCOc1ncnc(OCC)c1N(CCCCN1CCOC(CN(C)C(=O)c2ccccc2-c2ccc(C(F)(F)F)cc2)C1)C(=O)CC(C)C. The molecule has 1 fully saturated rings. The third-order valence-electron chi connectivity index (χ3n) is 8.30. The number of morpholine rings is 1. The minimum atomic E-state index is -4.44. The zero-order chi connectivity index (χ0) is 36.3. The number of ether oxygens (including phenoxy) is 3. The number of anilines is 1. The first-order valence-electron chi connectivity index (χ1n) is 17.2. The van der Waals surface area contributed by atoms with Crippen LogP contribution in [0.5, 0.6) is 11.8 Å². The van der Waals surface area contributed by atoms with Crippen molar-refractivity contribution in [1.82, 2.24) is 19.8 Å². The lowest BCUT2D eigenvalue weighted by atomic mass is 9.97. The number of unbranched alkanes of at least 4 members (excludes halogenated alkanes) is 1. The molecular weight excluding hydrogens is 651 g/mol. The van der Waals surface area contributed by atoms with Crippen molar-refractivity contribution in [3.63, 3.8) is 0 Å². The zero-order valence-corrected chi connectivity index (χ0v) is 29.5. The monoisotopic (exact) mass is 699 g/mol. The number of nitrogens with zero attached hydrogens (tertiary/aromatic N) is 5. The molecule has 1 aliphatic heterocycles. The number of aromatic nitrogens is 2. The minimum Gasteiger partial charge on any atom is -0.476 e. The molecule has 0 aliphatic carbocycles. The van der Waals surface area contributed by atoms with E-state index < -0.39 is 11.7 Å². The Bertz CT molecular complexity index is 1530. The van der Waals surface area contributed by atoms with Gasteiger partial charge in [-0.15, -0.1) is 0 Å². The molecule has 4 rings (SSSR count). The van der Waals surface area contributed by atoms with Crippen LogP contribution in [0.15, 0.2) is 54.9 Å². The summed E-state index contributed by atoms with van der Waals surface area (Å²) in [5.41, 5.74) is 1.22. The summed E-state index contributed by atoms with van der Waals surface area (Å²) in [5.74, 6) is 0.514. The topological polar surface area (TPSA) is 97.3 Å². The molecule has 1 atom stereocenters. The summed E-state index contributed by atoms with van der Waals surface area (Å²) in [6.45, 7) is 12.0. The van der Waals surface area contributed by atoms with Gasteiger partial charge in [0.25, 0.3) is 5.91 Å². The first-order chi connectivity index (χ1) is 23.9. The number of likely N-dealkylation sites (N-methyl/N-ethyl adjacent to an activating group) is 1. The fourth-order valence-corrected chi connectivity index (χ4v) is 5.94. The molecule has 0 radical (unpaired) electrons. The number of carbonyl (C=O) groups excluding carboxylic acids is 2. The van der Waals surface area contributed by atoms with Gasteiger partial charge in [-0.25, -0.2) is 0 Å². The summed E-state index contributed by atoms with van der Waals surface area (Å²) in [6.07, 6.45) is -1.38. The molecule has 2 amide bonds. The number of halogens is 3. The van der Waals surface area contributed by atoms with Crippen molar-refractivity contribution < 1.29 is 37.0 Å². The Labute approximate surface area is 292 Å². The summed E-state index contributed by atoms with van der Waals surface area (Å²) in [7, 11) is 1.71. The van der Waals surface area contributed by atoms with Gasteiger partial charge in [0.1, 0.15) is 6.33 Å². The van der Waals surface area contributed by atoms with Crippen molar-refractivity contribution in [3.8, 4) is 22.9 Å². The van der Waals surface area contributed by atoms with E-state index in [9.17, 15) is 22.8 Å². The van der Waals surface area contributed by atoms with E-state index in [4.69, 9.17) is 14.2 Å². The fourth-order valence-electron chi connectivity index (χ4n) is 5.94. The third-order valence-corrected chi connectivity index (χ3v) is 8.30. The number of alkyl halides is 3. The summed E-state index contributed by atoms with van der Waals surface area (Å²) in [5, 5.41) is 0. The lowest BCUT2D eigenvalue weighted by Crippen LogP contribution is -2.48. The number of benzene rings is 2. The van der Waals surface area contributed by atoms with Crippen molar-refractivity contribution in [2.24, 2.45) is 5.92 Å². The quantitative estimate of drug-likeness (QED) is 0.155. The van der Waals surface area contributed by atoms with Crippen LogP contribution in [0.25, 0.3) is 11.1 Å². The Kier molecular flexibility index (Phi) is 14.0. The van der Waals surface area contributed by atoms with Crippen LogP contribution < -0.4 is 14.4 Å². The zero-order valence-electron chi connectivity index (χ0n) is 29.5. The largest absolute Gasteiger partial charge is 0.476 e. The highest BCUT2D eigenvalue weighted by Crippen LogP contribution is 2.36. The Balaban J connectivity index is 1.36. The summed E-state index contributed by atoms with van der Waals surface area (Å²) in [6, 6.07) is 11.8. The van der Waals surface area contributed by atoms with E-state index in [1.807, 2.05) is 27.7 Å². The van der Waals surface area contributed by atoms with Gasteiger partial charge in [0.15, 0.2) is 5.69 Å². The molecule has 0 saturated carbocycles. The predicted molar refractivity (Wildman–Crippen MR) is 185 cm³/mol. The second-order valence-corrected chi connectivity index (χ2v) is 12.6. The summed E-state index contributed by atoms with van der Waals surface area (Å²) < 4.78 is 56.9. The number of hydrogen-bond acceptors (Lipinski definition) is 8. The normalized spacial score (nSPS) is 15.2. The van der Waals surface area contributed by atoms with Gasteiger partial charge in [-0.2, -0.15) is 23.1 Å². The van der Waals surface area contributed by atoms with Crippen molar-refractivity contribution in [3.05, 3.63) is 66.0 Å². The van der Waals surface area contributed by atoms with Gasteiger partial charge < -0.3 is 24.0 Å². The lowest BCUT2D eigenvalue weighted by Gasteiger charge is -2.35. The molecule has 1 saturated heterocycles. The molecule has 1 aliphatic rings. The van der Waals surface area contributed by atoms with E-state index >= 15 is 0 Å². The Morgan fingerprint density at radius 2 is 1.66 bits per heavy atom. The van der Waals surface area contributed by atoms with Gasteiger partial charge in [0.05, 0.1) is 31.5 Å². The Morgan fingerprint density at radius 1 is 1.00 bits per heavy atom. The van der Waals surface area contributed by atoms with E-state index in [1.165, 1.54) is 18.5 Å². The molecule has 13 heteroatoms. The van der Waals surface area contributed by atoms with Crippen LogP contribution in [0, 0.1) is 5.92 Å². The van der Waals surface area contributed by atoms with Gasteiger partial charge in [-0.3, -0.25) is 14.5 Å². The van der Waals surface area contributed by atoms with Gasteiger partial charge >= 0.3 is 6.18 Å². The molecule has 0 N–H and O–H groups in total. The minimum absolute atomic E-state index is 0.0456. The van der Waals surface area contributed by atoms with Crippen molar-refractivity contribution in [2.45, 2.75) is 59.2 Å². The molecule has 2 heterocycles. The summed E-state index contributed by atoms with van der Waals surface area (Å²) >= 11 is 0. The predicted octanol–water partition coefficient (Wildman–Crippen LogP) is 6.59. The van der Waals surface area contributed by atoms with Gasteiger partial charge in [0.2, 0.25) is 17.7 Å². The van der Waals surface area contributed by atoms with E-state index in [-0.39, 0.29) is 23.8 Å².